The molecule has 0 aliphatic heterocycles. The third kappa shape index (κ3) is 4.08. The minimum Gasteiger partial charge on any atom is -0.384 e. The van der Waals surface area contributed by atoms with E-state index in [1.807, 2.05) is 32.6 Å². The summed E-state index contributed by atoms with van der Waals surface area (Å²) in [6, 6.07) is 1.71. The standard InChI is InChI=1S/C14H25N5O/c1-7-19(9-12(20)18(5)6)11-8-10(15)16-13(17-11)14(2,3)4/h8H,7,9H2,1-6H3,(H2,15,16,17). The Balaban J connectivity index is 3.10. The maximum Gasteiger partial charge on any atom is 0.241 e. The molecule has 20 heavy (non-hydrogen) atoms. The van der Waals surface area contributed by atoms with E-state index in [0.29, 0.717) is 24.0 Å². The Morgan fingerprint density at radius 3 is 2.35 bits per heavy atom. The third-order valence-electron chi connectivity index (χ3n) is 2.93. The van der Waals surface area contributed by atoms with Gasteiger partial charge in [-0.1, -0.05) is 20.8 Å². The molecule has 0 saturated carbocycles. The van der Waals surface area contributed by atoms with Crippen LogP contribution in [0.1, 0.15) is 33.5 Å². The summed E-state index contributed by atoms with van der Waals surface area (Å²) >= 11 is 0. The van der Waals surface area contributed by atoms with E-state index in [9.17, 15) is 4.79 Å². The van der Waals surface area contributed by atoms with Crippen LogP contribution in [0.25, 0.3) is 0 Å². The number of nitrogen functional groups attached to an aromatic ring is 1. The lowest BCUT2D eigenvalue weighted by atomic mass is 9.96. The van der Waals surface area contributed by atoms with E-state index in [-0.39, 0.29) is 17.9 Å². The van der Waals surface area contributed by atoms with Gasteiger partial charge in [0.2, 0.25) is 5.91 Å². The lowest BCUT2D eigenvalue weighted by Gasteiger charge is -2.25. The monoisotopic (exact) mass is 279 g/mol. The highest BCUT2D eigenvalue weighted by molar-refractivity contribution is 5.80. The molecule has 0 aliphatic rings. The number of hydrogen-bond acceptors (Lipinski definition) is 5. The number of likely N-dealkylation sites (N-methyl/N-ethyl adjacent to an activating group) is 2. The van der Waals surface area contributed by atoms with Crippen LogP contribution in [0.2, 0.25) is 0 Å². The molecule has 0 saturated heterocycles. The molecule has 1 aromatic rings. The second kappa shape index (κ2) is 6.07. The van der Waals surface area contributed by atoms with Gasteiger partial charge < -0.3 is 15.5 Å². The minimum absolute atomic E-state index is 0.0290. The SMILES string of the molecule is CCN(CC(=O)N(C)C)c1cc(N)nc(C(C)(C)C)n1. The zero-order valence-corrected chi connectivity index (χ0v) is 13.3. The molecular formula is C14H25N5O. The largest absolute Gasteiger partial charge is 0.384 e. The van der Waals surface area contributed by atoms with Crippen LogP contribution >= 0.6 is 0 Å². The molecule has 0 atom stereocenters. The first-order valence-electron chi connectivity index (χ1n) is 6.75. The van der Waals surface area contributed by atoms with Crippen molar-refractivity contribution < 1.29 is 4.79 Å². The lowest BCUT2D eigenvalue weighted by Crippen LogP contribution is -2.37. The fraction of sp³-hybridized carbons (Fsp3) is 0.643. The van der Waals surface area contributed by atoms with E-state index in [2.05, 4.69) is 9.97 Å². The molecule has 0 spiro atoms. The number of nitrogens with two attached hydrogens (primary N) is 1. The number of carbonyl (C=O) groups excluding carboxylic acids is 1. The van der Waals surface area contributed by atoms with Crippen LogP contribution in [-0.4, -0.2) is 48.0 Å². The average molecular weight is 279 g/mol. The predicted molar refractivity (Wildman–Crippen MR) is 81.7 cm³/mol. The topological polar surface area (TPSA) is 75.4 Å². The molecule has 2 N–H and O–H groups in total. The van der Waals surface area contributed by atoms with Gasteiger partial charge in [0.1, 0.15) is 17.5 Å². The number of anilines is 2. The zero-order chi connectivity index (χ0) is 15.5. The van der Waals surface area contributed by atoms with E-state index in [1.165, 1.54) is 0 Å². The normalized spacial score (nSPS) is 11.3. The summed E-state index contributed by atoms with van der Waals surface area (Å²) in [4.78, 5) is 24.2. The number of rotatable bonds is 4. The van der Waals surface area contributed by atoms with E-state index in [0.717, 1.165) is 0 Å². The van der Waals surface area contributed by atoms with Crippen molar-refractivity contribution >= 4 is 17.5 Å². The number of nitrogens with zero attached hydrogens (tertiary/aromatic N) is 4. The van der Waals surface area contributed by atoms with E-state index >= 15 is 0 Å². The van der Waals surface area contributed by atoms with Crippen LogP contribution < -0.4 is 10.6 Å². The quantitative estimate of drug-likeness (QED) is 0.898. The second-order valence-electron chi connectivity index (χ2n) is 6.03. The highest BCUT2D eigenvalue weighted by Crippen LogP contribution is 2.22. The third-order valence-corrected chi connectivity index (χ3v) is 2.93. The zero-order valence-electron chi connectivity index (χ0n) is 13.3. The molecular weight excluding hydrogens is 254 g/mol. The van der Waals surface area contributed by atoms with Crippen molar-refractivity contribution in [3.63, 3.8) is 0 Å². The van der Waals surface area contributed by atoms with E-state index in [4.69, 9.17) is 5.73 Å². The van der Waals surface area contributed by atoms with Crippen LogP contribution in [0.3, 0.4) is 0 Å². The average Bonchev–Trinajstić information content (AvgIpc) is 2.33. The van der Waals surface area contributed by atoms with Crippen LogP contribution in [0, 0.1) is 0 Å². The first kappa shape index (κ1) is 16.2. The van der Waals surface area contributed by atoms with Crippen molar-refractivity contribution in [1.29, 1.82) is 0 Å². The van der Waals surface area contributed by atoms with Crippen molar-refractivity contribution in [2.24, 2.45) is 0 Å². The van der Waals surface area contributed by atoms with Gasteiger partial charge in [-0.2, -0.15) is 0 Å². The van der Waals surface area contributed by atoms with Gasteiger partial charge in [0.25, 0.3) is 0 Å². The summed E-state index contributed by atoms with van der Waals surface area (Å²) in [5, 5.41) is 0. The Bertz CT molecular complexity index is 479. The fourth-order valence-corrected chi connectivity index (χ4v) is 1.61. The van der Waals surface area contributed by atoms with Gasteiger partial charge in [0.15, 0.2) is 0 Å². The molecule has 112 valence electrons. The van der Waals surface area contributed by atoms with E-state index < -0.39 is 0 Å². The second-order valence-corrected chi connectivity index (χ2v) is 6.03. The molecule has 1 rings (SSSR count). The molecule has 1 heterocycles. The summed E-state index contributed by atoms with van der Waals surface area (Å²) in [6.07, 6.45) is 0. The first-order valence-corrected chi connectivity index (χ1v) is 6.75. The van der Waals surface area contributed by atoms with E-state index in [1.54, 1.807) is 25.1 Å². The number of amides is 1. The highest BCUT2D eigenvalue weighted by Gasteiger charge is 2.21. The predicted octanol–water partition coefficient (Wildman–Crippen LogP) is 1.27. The van der Waals surface area contributed by atoms with Crippen molar-refractivity contribution in [2.45, 2.75) is 33.1 Å². The molecule has 0 aliphatic carbocycles. The van der Waals surface area contributed by atoms with Crippen LogP contribution in [-0.2, 0) is 10.2 Å². The number of carbonyl (C=O) groups is 1. The van der Waals surface area contributed by atoms with Gasteiger partial charge in [0, 0.05) is 32.1 Å². The molecule has 0 aromatic carbocycles. The Labute approximate surface area is 121 Å². The van der Waals surface area contributed by atoms with Gasteiger partial charge in [-0.25, -0.2) is 9.97 Å². The molecule has 0 bridgehead atoms. The van der Waals surface area contributed by atoms with Gasteiger partial charge in [0.05, 0.1) is 6.54 Å². The summed E-state index contributed by atoms with van der Waals surface area (Å²) in [7, 11) is 3.48. The maximum absolute atomic E-state index is 11.9. The maximum atomic E-state index is 11.9. The van der Waals surface area contributed by atoms with Crippen molar-refractivity contribution in [1.82, 2.24) is 14.9 Å². The van der Waals surface area contributed by atoms with Crippen molar-refractivity contribution in [3.8, 4) is 0 Å². The molecule has 0 fully saturated rings. The number of aromatic nitrogens is 2. The van der Waals surface area contributed by atoms with Crippen LogP contribution in [0.4, 0.5) is 11.6 Å². The molecule has 1 aromatic heterocycles. The number of hydrogen-bond donors (Lipinski definition) is 1. The Morgan fingerprint density at radius 2 is 1.90 bits per heavy atom. The van der Waals surface area contributed by atoms with Crippen molar-refractivity contribution in [3.05, 3.63) is 11.9 Å². The fourth-order valence-electron chi connectivity index (χ4n) is 1.61. The smallest absolute Gasteiger partial charge is 0.241 e. The summed E-state index contributed by atoms with van der Waals surface area (Å²) < 4.78 is 0. The molecule has 1 amide bonds. The summed E-state index contributed by atoms with van der Waals surface area (Å²) in [5.74, 6) is 1.83. The van der Waals surface area contributed by atoms with Gasteiger partial charge in [-0.3, -0.25) is 4.79 Å². The van der Waals surface area contributed by atoms with Gasteiger partial charge in [-0.15, -0.1) is 0 Å². The molecule has 6 heteroatoms. The van der Waals surface area contributed by atoms with Gasteiger partial charge in [-0.05, 0) is 6.92 Å². The summed E-state index contributed by atoms with van der Waals surface area (Å²) in [5.41, 5.74) is 5.68. The van der Waals surface area contributed by atoms with Crippen LogP contribution in [0.5, 0.6) is 0 Å². The minimum atomic E-state index is -0.185. The molecule has 0 unspecified atom stereocenters. The van der Waals surface area contributed by atoms with Gasteiger partial charge >= 0.3 is 0 Å². The van der Waals surface area contributed by atoms with Crippen molar-refractivity contribution in [2.75, 3.05) is 37.8 Å². The summed E-state index contributed by atoms with van der Waals surface area (Å²) in [6.45, 7) is 9.05. The first-order chi connectivity index (χ1) is 9.15. The highest BCUT2D eigenvalue weighted by atomic mass is 16.2. The Hall–Kier alpha value is -1.85. The van der Waals surface area contributed by atoms with Crippen LogP contribution in [0.15, 0.2) is 6.07 Å². The molecule has 0 radical (unpaired) electrons. The Kier molecular flexibility index (Phi) is 4.92. The molecule has 6 nitrogen and oxygen atoms in total. The lowest BCUT2D eigenvalue weighted by molar-refractivity contribution is -0.127. The Morgan fingerprint density at radius 1 is 1.30 bits per heavy atom.